The molecule has 0 unspecified atom stereocenters. The summed E-state index contributed by atoms with van der Waals surface area (Å²) < 4.78 is 38.3. The molecule has 0 amide bonds. The number of aromatic nitrogens is 3. The third-order valence-electron chi connectivity index (χ3n) is 6.37. The van der Waals surface area contributed by atoms with Gasteiger partial charge in [0.05, 0.1) is 29.0 Å². The number of anilines is 1. The molecule has 180 valence electrons. The lowest BCUT2D eigenvalue weighted by atomic mass is 10.1. The zero-order valence-electron chi connectivity index (χ0n) is 19.6. The van der Waals surface area contributed by atoms with Crippen LogP contribution in [0.1, 0.15) is 32.6 Å². The van der Waals surface area contributed by atoms with E-state index in [0.29, 0.717) is 41.5 Å². The Morgan fingerprint density at radius 2 is 1.91 bits per heavy atom. The van der Waals surface area contributed by atoms with Crippen LogP contribution in [0.4, 0.5) is 5.95 Å². The van der Waals surface area contributed by atoms with Crippen molar-refractivity contribution in [2.75, 3.05) is 32.6 Å². The summed E-state index contributed by atoms with van der Waals surface area (Å²) in [7, 11) is -0.543. The van der Waals surface area contributed by atoms with Crippen molar-refractivity contribution < 1.29 is 17.9 Å². The van der Waals surface area contributed by atoms with Crippen LogP contribution in [0, 0.1) is 0 Å². The highest BCUT2D eigenvalue weighted by Crippen LogP contribution is 2.39. The summed E-state index contributed by atoms with van der Waals surface area (Å²) in [5.41, 5.74) is 2.11. The van der Waals surface area contributed by atoms with E-state index in [2.05, 4.69) is 22.2 Å². The lowest BCUT2D eigenvalue weighted by Gasteiger charge is -2.23. The second-order valence-corrected chi connectivity index (χ2v) is 11.5. The topological polar surface area (TPSA) is 107 Å². The molecule has 2 fully saturated rings. The molecule has 0 atom stereocenters. The maximum atomic E-state index is 12.7. The SMILES string of the molecule is CN(C)S(=O)(=O)c1cccc(-c2cnc(OC3CCOCC3)c3cnc(NC4(C)CC4)nc23)c1. The van der Waals surface area contributed by atoms with Crippen LogP contribution in [0.3, 0.4) is 0 Å². The van der Waals surface area contributed by atoms with Crippen molar-refractivity contribution in [2.24, 2.45) is 0 Å². The van der Waals surface area contributed by atoms with Crippen LogP contribution in [0.5, 0.6) is 5.88 Å². The molecule has 3 heterocycles. The van der Waals surface area contributed by atoms with Crippen molar-refractivity contribution in [1.29, 1.82) is 0 Å². The molecule has 2 aliphatic rings. The Bertz CT molecular complexity index is 1320. The molecule has 0 radical (unpaired) electrons. The molecule has 1 aromatic carbocycles. The summed E-state index contributed by atoms with van der Waals surface area (Å²) in [5, 5.41) is 4.10. The van der Waals surface area contributed by atoms with Gasteiger partial charge < -0.3 is 14.8 Å². The largest absolute Gasteiger partial charge is 0.474 e. The molecule has 0 bridgehead atoms. The lowest BCUT2D eigenvalue weighted by molar-refractivity contribution is 0.0244. The van der Waals surface area contributed by atoms with Crippen LogP contribution < -0.4 is 10.1 Å². The fraction of sp³-hybridized carbons (Fsp3) is 0.458. The second-order valence-electron chi connectivity index (χ2n) is 9.36. The van der Waals surface area contributed by atoms with Gasteiger partial charge in [-0.2, -0.15) is 0 Å². The summed E-state index contributed by atoms with van der Waals surface area (Å²) in [6.45, 7) is 3.47. The van der Waals surface area contributed by atoms with Gasteiger partial charge in [0.2, 0.25) is 21.9 Å². The highest BCUT2D eigenvalue weighted by atomic mass is 32.2. The van der Waals surface area contributed by atoms with Crippen LogP contribution in [-0.4, -0.2) is 66.6 Å². The van der Waals surface area contributed by atoms with Gasteiger partial charge in [0.1, 0.15) is 6.10 Å². The molecule has 1 aliphatic heterocycles. The summed E-state index contributed by atoms with van der Waals surface area (Å²) >= 11 is 0. The molecule has 1 N–H and O–H groups in total. The van der Waals surface area contributed by atoms with Gasteiger partial charge in [-0.3, -0.25) is 0 Å². The van der Waals surface area contributed by atoms with E-state index < -0.39 is 10.0 Å². The zero-order valence-corrected chi connectivity index (χ0v) is 20.4. The quantitative estimate of drug-likeness (QED) is 0.545. The standard InChI is InChI=1S/C24H29N5O4S/c1-24(9-10-24)28-23-26-15-20-21(27-23)19(14-25-22(20)33-17-7-11-32-12-8-17)16-5-4-6-18(13-16)34(30,31)29(2)3/h4-6,13-15,17H,7-12H2,1-3H3,(H,26,27,28). The Labute approximate surface area is 199 Å². The van der Waals surface area contributed by atoms with Crippen LogP contribution in [0.2, 0.25) is 0 Å². The number of hydrogen-bond acceptors (Lipinski definition) is 8. The van der Waals surface area contributed by atoms with Crippen LogP contribution in [0.15, 0.2) is 41.6 Å². The Morgan fingerprint density at radius 1 is 1.15 bits per heavy atom. The maximum absolute atomic E-state index is 12.7. The Balaban J connectivity index is 1.61. The van der Waals surface area contributed by atoms with Crippen molar-refractivity contribution in [3.63, 3.8) is 0 Å². The van der Waals surface area contributed by atoms with Crippen molar-refractivity contribution in [1.82, 2.24) is 19.3 Å². The summed E-state index contributed by atoms with van der Waals surface area (Å²) in [5.74, 6) is 1.01. The van der Waals surface area contributed by atoms with Gasteiger partial charge in [0, 0.05) is 50.4 Å². The normalized spacial score (nSPS) is 18.2. The van der Waals surface area contributed by atoms with E-state index in [-0.39, 0.29) is 16.5 Å². The smallest absolute Gasteiger partial charge is 0.242 e. The first-order valence-corrected chi connectivity index (χ1v) is 12.9. The second kappa shape index (κ2) is 8.75. The van der Waals surface area contributed by atoms with Gasteiger partial charge in [-0.15, -0.1) is 0 Å². The number of nitrogens with zero attached hydrogens (tertiary/aromatic N) is 4. The molecule has 9 nitrogen and oxygen atoms in total. The van der Waals surface area contributed by atoms with Crippen molar-refractivity contribution in [3.8, 4) is 17.0 Å². The molecule has 2 aromatic heterocycles. The number of ether oxygens (including phenoxy) is 2. The van der Waals surface area contributed by atoms with Crippen molar-refractivity contribution in [2.45, 2.75) is 49.1 Å². The van der Waals surface area contributed by atoms with E-state index >= 15 is 0 Å². The number of fused-ring (bicyclic) bond motifs is 1. The Kier molecular flexibility index (Phi) is 5.91. The zero-order chi connectivity index (χ0) is 23.9. The van der Waals surface area contributed by atoms with E-state index in [9.17, 15) is 8.42 Å². The number of benzene rings is 1. The molecule has 34 heavy (non-hydrogen) atoms. The third-order valence-corrected chi connectivity index (χ3v) is 8.18. The molecule has 1 saturated heterocycles. The third kappa shape index (κ3) is 4.57. The molecule has 5 rings (SSSR count). The number of sulfonamides is 1. The van der Waals surface area contributed by atoms with Crippen LogP contribution in [-0.2, 0) is 14.8 Å². The van der Waals surface area contributed by atoms with E-state index in [1.54, 1.807) is 30.6 Å². The first-order chi connectivity index (χ1) is 16.2. The number of pyridine rings is 1. The highest BCUT2D eigenvalue weighted by molar-refractivity contribution is 7.89. The fourth-order valence-corrected chi connectivity index (χ4v) is 4.88. The molecule has 0 spiro atoms. The fourth-order valence-electron chi connectivity index (χ4n) is 3.93. The van der Waals surface area contributed by atoms with Crippen LogP contribution >= 0.6 is 0 Å². The summed E-state index contributed by atoms with van der Waals surface area (Å²) in [4.78, 5) is 14.2. The van der Waals surface area contributed by atoms with E-state index in [0.717, 1.165) is 31.2 Å². The number of rotatable bonds is 7. The molecule has 1 aliphatic carbocycles. The average Bonchev–Trinajstić information content (AvgIpc) is 3.56. The van der Waals surface area contributed by atoms with Crippen molar-refractivity contribution in [3.05, 3.63) is 36.7 Å². The van der Waals surface area contributed by atoms with Gasteiger partial charge >= 0.3 is 0 Å². The van der Waals surface area contributed by atoms with Crippen LogP contribution in [0.25, 0.3) is 22.0 Å². The minimum atomic E-state index is -3.58. The minimum absolute atomic E-state index is 0.0159. The average molecular weight is 484 g/mol. The molecule has 10 heteroatoms. The molecular formula is C24H29N5O4S. The van der Waals surface area contributed by atoms with E-state index in [1.807, 2.05) is 6.07 Å². The van der Waals surface area contributed by atoms with E-state index in [1.165, 1.54) is 18.4 Å². The van der Waals surface area contributed by atoms with Gasteiger partial charge in [0.15, 0.2) is 0 Å². The van der Waals surface area contributed by atoms with Gasteiger partial charge in [-0.1, -0.05) is 12.1 Å². The summed E-state index contributed by atoms with van der Waals surface area (Å²) in [6, 6.07) is 6.84. The minimum Gasteiger partial charge on any atom is -0.474 e. The Hall–Kier alpha value is -2.82. The highest BCUT2D eigenvalue weighted by Gasteiger charge is 2.38. The first-order valence-electron chi connectivity index (χ1n) is 11.5. The number of nitrogens with one attached hydrogen (secondary N) is 1. The van der Waals surface area contributed by atoms with Gasteiger partial charge in [0.25, 0.3) is 0 Å². The predicted octanol–water partition coefficient (Wildman–Crippen LogP) is 3.46. The molecule has 3 aromatic rings. The van der Waals surface area contributed by atoms with E-state index in [4.69, 9.17) is 14.5 Å². The lowest BCUT2D eigenvalue weighted by Crippen LogP contribution is -2.26. The van der Waals surface area contributed by atoms with Gasteiger partial charge in [-0.25, -0.2) is 27.7 Å². The predicted molar refractivity (Wildman–Crippen MR) is 129 cm³/mol. The maximum Gasteiger partial charge on any atom is 0.242 e. The van der Waals surface area contributed by atoms with Gasteiger partial charge in [-0.05, 0) is 37.5 Å². The Morgan fingerprint density at radius 3 is 2.62 bits per heavy atom. The first kappa shape index (κ1) is 22.9. The summed E-state index contributed by atoms with van der Waals surface area (Å²) in [6.07, 6.45) is 7.20. The monoisotopic (exact) mass is 483 g/mol. The number of hydrogen-bond donors (Lipinski definition) is 1. The molecule has 1 saturated carbocycles. The van der Waals surface area contributed by atoms with Crippen molar-refractivity contribution >= 4 is 26.9 Å². The molecular weight excluding hydrogens is 454 g/mol.